The quantitative estimate of drug-likeness (QED) is 0.814. The maximum absolute atomic E-state index is 4.30. The van der Waals surface area contributed by atoms with E-state index < -0.39 is 0 Å². The predicted octanol–water partition coefficient (Wildman–Crippen LogP) is 2.48. The van der Waals surface area contributed by atoms with Gasteiger partial charge >= 0.3 is 0 Å². The van der Waals surface area contributed by atoms with Crippen LogP contribution in [0.15, 0.2) is 16.9 Å². The van der Waals surface area contributed by atoms with Gasteiger partial charge in [-0.15, -0.1) is 0 Å². The number of hydrogen-bond acceptors (Lipinski definition) is 3. The number of anilines is 1. The Balaban J connectivity index is 2.06. The highest BCUT2D eigenvalue weighted by molar-refractivity contribution is 9.10. The van der Waals surface area contributed by atoms with Crippen molar-refractivity contribution < 1.29 is 0 Å². The van der Waals surface area contributed by atoms with Crippen molar-refractivity contribution in [3.63, 3.8) is 0 Å². The molecule has 3 nitrogen and oxygen atoms in total. The fraction of sp³-hybridized carbons (Fsp3) is 0.600. The number of rotatable bonds is 2. The van der Waals surface area contributed by atoms with Crippen molar-refractivity contribution in [1.29, 1.82) is 0 Å². The van der Waals surface area contributed by atoms with Gasteiger partial charge in [-0.2, -0.15) is 0 Å². The van der Waals surface area contributed by atoms with E-state index in [9.17, 15) is 0 Å². The summed E-state index contributed by atoms with van der Waals surface area (Å²) in [6.45, 7) is 4.45. The van der Waals surface area contributed by atoms with Crippen molar-refractivity contribution in [1.82, 2.24) is 9.97 Å². The highest BCUT2D eigenvalue weighted by Gasteiger charge is 2.22. The third-order valence-corrected chi connectivity index (χ3v) is 3.16. The lowest BCUT2D eigenvalue weighted by molar-refractivity contribution is 0.568. The third-order valence-electron chi connectivity index (χ3n) is 2.75. The number of halogens is 1. The van der Waals surface area contributed by atoms with Gasteiger partial charge in [0.1, 0.15) is 0 Å². The van der Waals surface area contributed by atoms with Crippen LogP contribution >= 0.6 is 15.9 Å². The summed E-state index contributed by atoms with van der Waals surface area (Å²) in [6, 6.07) is 0. The Hall–Kier alpha value is -0.640. The topological polar surface area (TPSA) is 29.0 Å². The number of hydrogen-bond donors (Lipinski definition) is 0. The van der Waals surface area contributed by atoms with E-state index in [0.717, 1.165) is 29.4 Å². The van der Waals surface area contributed by atoms with Crippen LogP contribution in [0, 0.1) is 5.92 Å². The Morgan fingerprint density at radius 3 is 2.79 bits per heavy atom. The summed E-state index contributed by atoms with van der Waals surface area (Å²) in [7, 11) is 0. The first-order chi connectivity index (χ1) is 6.79. The molecule has 0 saturated carbocycles. The molecule has 1 aromatic rings. The zero-order valence-corrected chi connectivity index (χ0v) is 9.87. The monoisotopic (exact) mass is 255 g/mol. The zero-order valence-electron chi connectivity index (χ0n) is 8.28. The molecule has 76 valence electrons. The van der Waals surface area contributed by atoms with Crippen LogP contribution in [0.1, 0.15) is 19.8 Å². The second kappa shape index (κ2) is 4.26. The molecule has 0 amide bonds. The molecule has 2 rings (SSSR count). The molecule has 0 radical (unpaired) electrons. The van der Waals surface area contributed by atoms with Gasteiger partial charge in [-0.3, -0.25) is 0 Å². The van der Waals surface area contributed by atoms with Gasteiger partial charge < -0.3 is 4.90 Å². The predicted molar refractivity (Wildman–Crippen MR) is 60.3 cm³/mol. The van der Waals surface area contributed by atoms with Crippen molar-refractivity contribution in [2.45, 2.75) is 19.8 Å². The SMILES string of the molecule is CCC1CCN(c2ncc(Br)cn2)C1. The summed E-state index contributed by atoms with van der Waals surface area (Å²) in [4.78, 5) is 10.9. The van der Waals surface area contributed by atoms with Crippen LogP contribution in [0.3, 0.4) is 0 Å². The van der Waals surface area contributed by atoms with Crippen molar-refractivity contribution in [3.05, 3.63) is 16.9 Å². The number of aromatic nitrogens is 2. The highest BCUT2D eigenvalue weighted by Crippen LogP contribution is 2.22. The van der Waals surface area contributed by atoms with Crippen LogP contribution in [0.4, 0.5) is 5.95 Å². The smallest absolute Gasteiger partial charge is 0.225 e. The van der Waals surface area contributed by atoms with Crippen molar-refractivity contribution in [3.8, 4) is 0 Å². The first-order valence-electron chi connectivity index (χ1n) is 5.02. The summed E-state index contributed by atoms with van der Waals surface area (Å²) in [5.41, 5.74) is 0. The average Bonchev–Trinajstić information content (AvgIpc) is 2.67. The first kappa shape index (κ1) is 9.90. The maximum Gasteiger partial charge on any atom is 0.225 e. The minimum absolute atomic E-state index is 0.822. The van der Waals surface area contributed by atoms with Crippen LogP contribution in [0.2, 0.25) is 0 Å². The molecule has 0 bridgehead atoms. The van der Waals surface area contributed by atoms with Gasteiger partial charge in [0.15, 0.2) is 0 Å². The van der Waals surface area contributed by atoms with Gasteiger partial charge in [0.05, 0.1) is 4.47 Å². The summed E-state index contributed by atoms with van der Waals surface area (Å²) >= 11 is 3.34. The standard InChI is InChI=1S/C10H14BrN3/c1-2-8-3-4-14(7-8)10-12-5-9(11)6-13-10/h5-6,8H,2-4,7H2,1H3. The van der Waals surface area contributed by atoms with Crippen LogP contribution in [0.5, 0.6) is 0 Å². The molecule has 1 fully saturated rings. The summed E-state index contributed by atoms with van der Waals surface area (Å²) in [6.07, 6.45) is 6.15. The van der Waals surface area contributed by atoms with Crippen LogP contribution in [-0.4, -0.2) is 23.1 Å². The van der Waals surface area contributed by atoms with E-state index in [1.807, 2.05) is 12.4 Å². The Bertz CT molecular complexity index is 299. The van der Waals surface area contributed by atoms with Gasteiger partial charge in [0, 0.05) is 25.5 Å². The van der Waals surface area contributed by atoms with Gasteiger partial charge in [-0.25, -0.2) is 9.97 Å². The molecule has 0 aliphatic carbocycles. The minimum atomic E-state index is 0.822. The molecule has 0 N–H and O–H groups in total. The average molecular weight is 256 g/mol. The molecule has 1 unspecified atom stereocenters. The normalized spacial score (nSPS) is 21.6. The molecule has 2 heterocycles. The number of nitrogens with zero attached hydrogens (tertiary/aromatic N) is 3. The maximum atomic E-state index is 4.30. The summed E-state index contributed by atoms with van der Waals surface area (Å²) in [5, 5.41) is 0. The molecule has 4 heteroatoms. The lowest BCUT2D eigenvalue weighted by Gasteiger charge is -2.15. The van der Waals surface area contributed by atoms with Gasteiger partial charge in [0.25, 0.3) is 0 Å². The lowest BCUT2D eigenvalue weighted by Crippen LogP contribution is -2.21. The molecule has 1 atom stereocenters. The zero-order chi connectivity index (χ0) is 9.97. The van der Waals surface area contributed by atoms with E-state index in [1.54, 1.807) is 0 Å². The molecular formula is C10H14BrN3. The van der Waals surface area contributed by atoms with E-state index in [1.165, 1.54) is 12.8 Å². The van der Waals surface area contributed by atoms with Gasteiger partial charge in [-0.1, -0.05) is 13.3 Å². The Morgan fingerprint density at radius 1 is 1.50 bits per heavy atom. The largest absolute Gasteiger partial charge is 0.341 e. The second-order valence-corrected chi connectivity index (χ2v) is 4.63. The van der Waals surface area contributed by atoms with E-state index >= 15 is 0 Å². The van der Waals surface area contributed by atoms with E-state index in [4.69, 9.17) is 0 Å². The van der Waals surface area contributed by atoms with Crippen LogP contribution < -0.4 is 4.90 Å². The first-order valence-corrected chi connectivity index (χ1v) is 5.81. The molecule has 1 aromatic heterocycles. The van der Waals surface area contributed by atoms with Crippen LogP contribution in [0.25, 0.3) is 0 Å². The van der Waals surface area contributed by atoms with Gasteiger partial charge in [-0.05, 0) is 28.3 Å². The highest BCUT2D eigenvalue weighted by atomic mass is 79.9. The fourth-order valence-electron chi connectivity index (χ4n) is 1.82. The van der Waals surface area contributed by atoms with Crippen molar-refractivity contribution in [2.24, 2.45) is 5.92 Å². The second-order valence-electron chi connectivity index (χ2n) is 3.71. The molecule has 0 spiro atoms. The van der Waals surface area contributed by atoms with Crippen molar-refractivity contribution in [2.75, 3.05) is 18.0 Å². The Labute approximate surface area is 92.7 Å². The summed E-state index contributed by atoms with van der Waals surface area (Å²) in [5.74, 6) is 1.69. The van der Waals surface area contributed by atoms with Gasteiger partial charge in [0.2, 0.25) is 5.95 Å². The molecular weight excluding hydrogens is 242 g/mol. The molecule has 0 aromatic carbocycles. The Kier molecular flexibility index (Phi) is 3.01. The fourth-order valence-corrected chi connectivity index (χ4v) is 2.02. The molecule has 1 aliphatic heterocycles. The molecule has 14 heavy (non-hydrogen) atoms. The Morgan fingerprint density at radius 2 is 2.21 bits per heavy atom. The molecule has 1 aliphatic rings. The van der Waals surface area contributed by atoms with Crippen LogP contribution in [-0.2, 0) is 0 Å². The van der Waals surface area contributed by atoms with Crippen molar-refractivity contribution >= 4 is 21.9 Å². The summed E-state index contributed by atoms with van der Waals surface area (Å²) < 4.78 is 0.937. The molecule has 1 saturated heterocycles. The van der Waals surface area contributed by atoms with E-state index in [-0.39, 0.29) is 0 Å². The minimum Gasteiger partial charge on any atom is -0.341 e. The lowest BCUT2D eigenvalue weighted by atomic mass is 10.1. The van der Waals surface area contributed by atoms with E-state index in [0.29, 0.717) is 0 Å². The van der Waals surface area contributed by atoms with E-state index in [2.05, 4.69) is 37.7 Å². The third kappa shape index (κ3) is 2.05.